The first-order valence-corrected chi connectivity index (χ1v) is 11.5. The van der Waals surface area contributed by atoms with E-state index >= 15 is 0 Å². The molecule has 0 spiro atoms. The monoisotopic (exact) mass is 518 g/mol. The Hall–Kier alpha value is -2.58. The van der Waals surface area contributed by atoms with Crippen LogP contribution in [0, 0.1) is 11.8 Å². The number of urea groups is 1. The van der Waals surface area contributed by atoms with Crippen LogP contribution in [0.5, 0.6) is 5.75 Å². The lowest BCUT2D eigenvalue weighted by Crippen LogP contribution is -2.51. The molecule has 2 aromatic carbocycles. The van der Waals surface area contributed by atoms with Crippen molar-refractivity contribution in [1.29, 1.82) is 0 Å². The van der Waals surface area contributed by atoms with Crippen LogP contribution < -0.4 is 9.64 Å². The van der Waals surface area contributed by atoms with E-state index in [4.69, 9.17) is 21.1 Å². The van der Waals surface area contributed by atoms with Gasteiger partial charge in [0.25, 0.3) is 5.91 Å². The molecule has 3 aliphatic heterocycles. The lowest BCUT2D eigenvalue weighted by molar-refractivity contribution is -0.154. The van der Waals surface area contributed by atoms with E-state index in [1.165, 1.54) is 0 Å². The summed E-state index contributed by atoms with van der Waals surface area (Å²) in [6.07, 6.45) is 0. The van der Waals surface area contributed by atoms with Gasteiger partial charge in [-0.05, 0) is 56.3 Å². The van der Waals surface area contributed by atoms with Crippen molar-refractivity contribution in [1.82, 2.24) is 4.90 Å². The Morgan fingerprint density at radius 1 is 1.25 bits per heavy atom. The zero-order valence-corrected chi connectivity index (χ0v) is 19.7. The average molecular weight is 520 g/mol. The fraction of sp³-hybridized carbons (Fsp3) is 0.348. The Balaban J connectivity index is 1.69. The Bertz CT molecular complexity index is 1140. The lowest BCUT2D eigenvalue weighted by Gasteiger charge is -2.34. The Morgan fingerprint density at radius 3 is 2.66 bits per heavy atom. The molecule has 2 aromatic rings. The quantitative estimate of drug-likeness (QED) is 0.439. The molecule has 3 heterocycles. The molecule has 0 aromatic heterocycles. The smallest absolute Gasteiger partial charge is 0.332 e. The maximum atomic E-state index is 13.8. The van der Waals surface area contributed by atoms with Crippen LogP contribution in [0.4, 0.5) is 10.5 Å². The fourth-order valence-electron chi connectivity index (χ4n) is 5.28. The van der Waals surface area contributed by atoms with Crippen LogP contribution in [0.15, 0.2) is 46.9 Å². The van der Waals surface area contributed by atoms with E-state index in [1.54, 1.807) is 43.0 Å². The molecule has 0 radical (unpaired) electrons. The molecule has 0 N–H and O–H groups in total. The number of halogens is 2. The van der Waals surface area contributed by atoms with Crippen LogP contribution in [0.25, 0.3) is 0 Å². The summed E-state index contributed by atoms with van der Waals surface area (Å²) in [4.78, 5) is 43.4. The van der Waals surface area contributed by atoms with E-state index in [0.717, 1.165) is 14.9 Å². The van der Waals surface area contributed by atoms with Gasteiger partial charge < -0.3 is 14.4 Å². The number of esters is 1. The van der Waals surface area contributed by atoms with Crippen molar-refractivity contribution in [2.75, 3.05) is 18.1 Å². The van der Waals surface area contributed by atoms with Crippen molar-refractivity contribution in [3.63, 3.8) is 0 Å². The molecule has 0 unspecified atom stereocenters. The van der Waals surface area contributed by atoms with Crippen molar-refractivity contribution >= 4 is 51.1 Å². The molecule has 3 aliphatic rings. The molecule has 32 heavy (non-hydrogen) atoms. The maximum absolute atomic E-state index is 13.8. The average Bonchev–Trinajstić information content (AvgIpc) is 3.14. The molecule has 166 valence electrons. The Morgan fingerprint density at radius 2 is 1.97 bits per heavy atom. The van der Waals surface area contributed by atoms with Gasteiger partial charge in [0.2, 0.25) is 0 Å². The number of fused-ring (bicyclic) bond motifs is 5. The SMILES string of the molecule is CCOC(=O)[C@@H]1[C@H]2COc3ccc(Br)cc3[C@H]2N2C(=O)N(c3ccc(Cl)cc3)C(=O)[C@]12C. The second kappa shape index (κ2) is 7.49. The number of carbonyl (C=O) groups is 3. The Labute approximate surface area is 198 Å². The third-order valence-electron chi connectivity index (χ3n) is 6.60. The molecule has 0 saturated carbocycles. The minimum atomic E-state index is -1.41. The van der Waals surface area contributed by atoms with E-state index in [2.05, 4.69) is 15.9 Å². The number of imide groups is 1. The van der Waals surface area contributed by atoms with Crippen molar-refractivity contribution < 1.29 is 23.9 Å². The number of carbonyl (C=O) groups excluding carboxylic acids is 3. The van der Waals surface area contributed by atoms with Gasteiger partial charge in [0.05, 0.1) is 30.9 Å². The molecular weight excluding hydrogens is 500 g/mol. The minimum absolute atomic E-state index is 0.175. The molecule has 2 fully saturated rings. The topological polar surface area (TPSA) is 76.2 Å². The first kappa shape index (κ1) is 21.3. The molecule has 3 amide bonds. The van der Waals surface area contributed by atoms with E-state index < -0.39 is 41.3 Å². The zero-order chi connectivity index (χ0) is 22.8. The van der Waals surface area contributed by atoms with E-state index in [9.17, 15) is 14.4 Å². The van der Waals surface area contributed by atoms with Crippen molar-refractivity contribution in [3.05, 3.63) is 57.5 Å². The van der Waals surface area contributed by atoms with Gasteiger partial charge >= 0.3 is 12.0 Å². The minimum Gasteiger partial charge on any atom is -0.493 e. The van der Waals surface area contributed by atoms with Crippen LogP contribution >= 0.6 is 27.5 Å². The summed E-state index contributed by atoms with van der Waals surface area (Å²) in [5.41, 5.74) is -0.251. The van der Waals surface area contributed by atoms with Gasteiger partial charge in [-0.3, -0.25) is 9.59 Å². The second-order valence-corrected chi connectivity index (χ2v) is 9.60. The third-order valence-corrected chi connectivity index (χ3v) is 7.34. The number of hydrogen-bond acceptors (Lipinski definition) is 5. The highest BCUT2D eigenvalue weighted by molar-refractivity contribution is 9.10. The van der Waals surface area contributed by atoms with Crippen LogP contribution in [0.3, 0.4) is 0 Å². The van der Waals surface area contributed by atoms with Gasteiger partial charge in [0.1, 0.15) is 11.3 Å². The van der Waals surface area contributed by atoms with Crippen LogP contribution in [0.1, 0.15) is 25.5 Å². The van der Waals surface area contributed by atoms with E-state index in [0.29, 0.717) is 16.5 Å². The highest BCUT2D eigenvalue weighted by Crippen LogP contribution is 2.58. The van der Waals surface area contributed by atoms with Crippen molar-refractivity contribution in [2.45, 2.75) is 25.4 Å². The molecule has 7 nitrogen and oxygen atoms in total. The molecular formula is C23H20BrClN2O5. The standard InChI is InChI=1S/C23H20BrClN2O5/c1-3-31-20(28)18-16-11-32-17-9-4-12(24)10-15(17)19(16)27-22(30)26(21(29)23(18,27)2)14-7-5-13(25)6-8-14/h4-10,16,18-19H,3,11H2,1-2H3/t16-,18+,19-,23+/m1/s1. The fourth-order valence-corrected chi connectivity index (χ4v) is 5.79. The van der Waals surface area contributed by atoms with E-state index in [1.807, 2.05) is 18.2 Å². The van der Waals surface area contributed by atoms with Crippen molar-refractivity contribution in [3.8, 4) is 5.75 Å². The van der Waals surface area contributed by atoms with Crippen LogP contribution in [-0.2, 0) is 14.3 Å². The number of anilines is 1. The molecule has 5 rings (SSSR count). The summed E-state index contributed by atoms with van der Waals surface area (Å²) < 4.78 is 12.1. The molecule has 0 aliphatic carbocycles. The molecule has 0 bridgehead atoms. The van der Waals surface area contributed by atoms with Gasteiger partial charge in [-0.1, -0.05) is 27.5 Å². The predicted molar refractivity (Wildman–Crippen MR) is 121 cm³/mol. The third kappa shape index (κ3) is 2.82. The lowest BCUT2D eigenvalue weighted by atomic mass is 9.77. The van der Waals surface area contributed by atoms with Crippen LogP contribution in [0.2, 0.25) is 5.02 Å². The summed E-state index contributed by atoms with van der Waals surface area (Å²) in [5, 5.41) is 0.493. The normalized spacial score (nSPS) is 28.2. The predicted octanol–water partition coefficient (Wildman–Crippen LogP) is 4.57. The molecule has 4 atom stereocenters. The summed E-state index contributed by atoms with van der Waals surface area (Å²) in [7, 11) is 0. The van der Waals surface area contributed by atoms with Gasteiger partial charge in [-0.15, -0.1) is 0 Å². The number of nitrogens with zero attached hydrogens (tertiary/aromatic N) is 2. The number of ether oxygens (including phenoxy) is 2. The number of amides is 3. The largest absolute Gasteiger partial charge is 0.493 e. The number of benzene rings is 2. The highest BCUT2D eigenvalue weighted by Gasteiger charge is 2.72. The second-order valence-electron chi connectivity index (χ2n) is 8.25. The summed E-state index contributed by atoms with van der Waals surface area (Å²) in [6, 6.07) is 11.0. The summed E-state index contributed by atoms with van der Waals surface area (Å²) >= 11 is 9.48. The number of rotatable bonds is 3. The molecule has 2 saturated heterocycles. The maximum Gasteiger partial charge on any atom is 0.332 e. The van der Waals surface area contributed by atoms with Gasteiger partial charge in [0, 0.05) is 21.0 Å². The first-order valence-electron chi connectivity index (χ1n) is 10.3. The summed E-state index contributed by atoms with van der Waals surface area (Å²) in [5.74, 6) is -1.62. The Kier molecular flexibility index (Phi) is 4.98. The van der Waals surface area contributed by atoms with Gasteiger partial charge in [-0.2, -0.15) is 0 Å². The van der Waals surface area contributed by atoms with Gasteiger partial charge in [0.15, 0.2) is 0 Å². The summed E-state index contributed by atoms with van der Waals surface area (Å²) in [6.45, 7) is 3.75. The number of hydrogen-bond donors (Lipinski definition) is 0. The first-order chi connectivity index (χ1) is 15.3. The highest BCUT2D eigenvalue weighted by atomic mass is 79.9. The zero-order valence-electron chi connectivity index (χ0n) is 17.4. The van der Waals surface area contributed by atoms with Gasteiger partial charge in [-0.25, -0.2) is 9.69 Å². The van der Waals surface area contributed by atoms with E-state index in [-0.39, 0.29) is 13.2 Å². The van der Waals surface area contributed by atoms with Crippen molar-refractivity contribution in [2.24, 2.45) is 11.8 Å². The molecule has 9 heteroatoms. The van der Waals surface area contributed by atoms with Crippen LogP contribution in [-0.4, -0.2) is 41.6 Å².